The van der Waals surface area contributed by atoms with E-state index in [1.807, 2.05) is 6.92 Å². The number of amides is 2. The number of aryl methyl sites for hydroxylation is 2. The van der Waals surface area contributed by atoms with Crippen molar-refractivity contribution in [3.63, 3.8) is 0 Å². The highest BCUT2D eigenvalue weighted by molar-refractivity contribution is 6.06. The molecule has 0 saturated heterocycles. The van der Waals surface area contributed by atoms with Gasteiger partial charge in [0.25, 0.3) is 5.91 Å². The number of carbonyl (C=O) groups is 2. The van der Waals surface area contributed by atoms with E-state index < -0.39 is 5.91 Å². The molecule has 2 N–H and O–H groups in total. The van der Waals surface area contributed by atoms with Gasteiger partial charge in [0.05, 0.1) is 24.7 Å². The predicted octanol–water partition coefficient (Wildman–Crippen LogP) is 1.81. The summed E-state index contributed by atoms with van der Waals surface area (Å²) >= 11 is 0. The van der Waals surface area contributed by atoms with Crippen LogP contribution in [0.4, 0.5) is 5.69 Å². The summed E-state index contributed by atoms with van der Waals surface area (Å²) in [6.45, 7) is 2.70. The molecule has 3 rings (SSSR count). The van der Waals surface area contributed by atoms with Crippen LogP contribution in [0.5, 0.6) is 0 Å². The zero-order valence-electron chi connectivity index (χ0n) is 15.0. The molecule has 3 heterocycles. The lowest BCUT2D eigenvalue weighted by molar-refractivity contribution is -0.111. The second-order valence-electron chi connectivity index (χ2n) is 5.78. The van der Waals surface area contributed by atoms with Gasteiger partial charge in [-0.05, 0) is 25.1 Å². The number of aromatic nitrogens is 4. The maximum Gasteiger partial charge on any atom is 0.274 e. The maximum atomic E-state index is 12.4. The molecule has 0 unspecified atom stereocenters. The van der Waals surface area contributed by atoms with E-state index in [4.69, 9.17) is 4.42 Å². The van der Waals surface area contributed by atoms with Crippen LogP contribution in [0, 0.1) is 0 Å². The Morgan fingerprint density at radius 3 is 2.85 bits per heavy atom. The summed E-state index contributed by atoms with van der Waals surface area (Å²) < 4.78 is 8.42. The van der Waals surface area contributed by atoms with Gasteiger partial charge in [0.2, 0.25) is 5.91 Å². The summed E-state index contributed by atoms with van der Waals surface area (Å²) in [6.07, 6.45) is 9.61. The minimum Gasteiger partial charge on any atom is -0.467 e. The minimum atomic E-state index is -0.398. The van der Waals surface area contributed by atoms with Crippen LogP contribution >= 0.6 is 0 Å². The first-order valence-electron chi connectivity index (χ1n) is 8.41. The van der Waals surface area contributed by atoms with E-state index >= 15 is 0 Å². The van der Waals surface area contributed by atoms with Crippen LogP contribution in [-0.2, 0) is 24.9 Å². The van der Waals surface area contributed by atoms with Gasteiger partial charge in [0.1, 0.15) is 5.76 Å². The molecule has 0 radical (unpaired) electrons. The van der Waals surface area contributed by atoms with Crippen LogP contribution < -0.4 is 10.6 Å². The summed E-state index contributed by atoms with van der Waals surface area (Å²) in [5.74, 6) is -0.136. The first-order valence-corrected chi connectivity index (χ1v) is 8.41. The van der Waals surface area contributed by atoms with Crippen LogP contribution in [-0.4, -0.2) is 31.4 Å². The fraction of sp³-hybridized carbons (Fsp3) is 0.222. The number of furan rings is 1. The molecule has 9 nitrogen and oxygen atoms in total. The predicted molar refractivity (Wildman–Crippen MR) is 98.7 cm³/mol. The van der Waals surface area contributed by atoms with Crippen LogP contribution in [0.2, 0.25) is 0 Å². The Labute approximate surface area is 155 Å². The van der Waals surface area contributed by atoms with Crippen molar-refractivity contribution in [2.75, 3.05) is 5.32 Å². The third kappa shape index (κ3) is 4.72. The Morgan fingerprint density at radius 1 is 1.33 bits per heavy atom. The van der Waals surface area contributed by atoms with Crippen molar-refractivity contribution in [2.24, 2.45) is 7.05 Å². The van der Waals surface area contributed by atoms with Gasteiger partial charge in [-0.15, -0.1) is 0 Å². The fourth-order valence-corrected chi connectivity index (χ4v) is 2.38. The zero-order chi connectivity index (χ0) is 19.2. The van der Waals surface area contributed by atoms with Crippen molar-refractivity contribution in [1.29, 1.82) is 0 Å². The number of nitrogens with one attached hydrogen (secondary N) is 2. The highest BCUT2D eigenvalue weighted by Crippen LogP contribution is 2.15. The van der Waals surface area contributed by atoms with Crippen molar-refractivity contribution < 1.29 is 14.0 Å². The standard InChI is InChI=1S/C18H20N6O3/c1-3-24-12-15(21-16(25)7-6-13-9-20-23(2)11-13)17(22-24)18(26)19-10-14-5-4-8-27-14/h4-9,11-12H,3,10H2,1-2H3,(H,19,26)(H,21,25)/b7-6+. The van der Waals surface area contributed by atoms with Gasteiger partial charge >= 0.3 is 0 Å². The Hall–Kier alpha value is -3.62. The normalized spacial score (nSPS) is 11.0. The average molecular weight is 368 g/mol. The highest BCUT2D eigenvalue weighted by Gasteiger charge is 2.18. The van der Waals surface area contributed by atoms with E-state index in [-0.39, 0.29) is 18.1 Å². The molecule has 2 amide bonds. The molecule has 0 aliphatic heterocycles. The molecule has 140 valence electrons. The molecule has 0 bridgehead atoms. The number of nitrogens with zero attached hydrogens (tertiary/aromatic N) is 4. The Kier molecular flexibility index (Phi) is 5.50. The number of anilines is 1. The Balaban J connectivity index is 1.68. The molecule has 0 aliphatic carbocycles. The van der Waals surface area contributed by atoms with Gasteiger partial charge < -0.3 is 15.1 Å². The second-order valence-corrected chi connectivity index (χ2v) is 5.78. The average Bonchev–Trinajstić information content (AvgIpc) is 3.39. The molecule has 0 aromatic carbocycles. The molecule has 0 aliphatic rings. The van der Waals surface area contributed by atoms with E-state index in [1.165, 1.54) is 12.3 Å². The molecule has 3 aromatic rings. The molecule has 0 spiro atoms. The Bertz CT molecular complexity index is 952. The third-order valence-electron chi connectivity index (χ3n) is 3.71. The summed E-state index contributed by atoms with van der Waals surface area (Å²) in [6, 6.07) is 3.50. The fourth-order valence-electron chi connectivity index (χ4n) is 2.38. The molecule has 0 saturated carbocycles. The van der Waals surface area contributed by atoms with E-state index in [0.717, 1.165) is 5.56 Å². The topological polar surface area (TPSA) is 107 Å². The van der Waals surface area contributed by atoms with Crippen molar-refractivity contribution >= 4 is 23.6 Å². The van der Waals surface area contributed by atoms with E-state index in [0.29, 0.717) is 18.0 Å². The molecule has 3 aromatic heterocycles. The molecule has 0 atom stereocenters. The first kappa shape index (κ1) is 18.2. The van der Waals surface area contributed by atoms with Crippen LogP contribution in [0.3, 0.4) is 0 Å². The van der Waals surface area contributed by atoms with Crippen molar-refractivity contribution in [2.45, 2.75) is 20.0 Å². The molecular weight excluding hydrogens is 348 g/mol. The highest BCUT2D eigenvalue weighted by atomic mass is 16.3. The van der Waals surface area contributed by atoms with E-state index in [1.54, 1.807) is 53.2 Å². The minimum absolute atomic E-state index is 0.145. The lowest BCUT2D eigenvalue weighted by Gasteiger charge is -2.04. The van der Waals surface area contributed by atoms with Crippen molar-refractivity contribution in [3.05, 3.63) is 60.1 Å². The zero-order valence-corrected chi connectivity index (χ0v) is 15.0. The molecule has 9 heteroatoms. The number of hydrogen-bond acceptors (Lipinski definition) is 5. The van der Waals surface area contributed by atoms with Crippen molar-refractivity contribution in [3.8, 4) is 0 Å². The van der Waals surface area contributed by atoms with Crippen LogP contribution in [0.1, 0.15) is 28.7 Å². The summed E-state index contributed by atoms with van der Waals surface area (Å²) in [5.41, 5.74) is 1.29. The van der Waals surface area contributed by atoms with Crippen molar-refractivity contribution in [1.82, 2.24) is 24.9 Å². The summed E-state index contributed by atoms with van der Waals surface area (Å²) in [4.78, 5) is 24.6. The largest absolute Gasteiger partial charge is 0.467 e. The SMILES string of the molecule is CCn1cc(NC(=O)/C=C/c2cnn(C)c2)c(C(=O)NCc2ccco2)n1. The number of hydrogen-bond donors (Lipinski definition) is 2. The van der Waals surface area contributed by atoms with E-state index in [2.05, 4.69) is 20.8 Å². The van der Waals surface area contributed by atoms with E-state index in [9.17, 15) is 9.59 Å². The van der Waals surface area contributed by atoms with Gasteiger partial charge in [0.15, 0.2) is 5.69 Å². The van der Waals surface area contributed by atoms with Gasteiger partial charge in [0, 0.05) is 37.6 Å². The maximum absolute atomic E-state index is 12.4. The second kappa shape index (κ2) is 8.17. The Morgan fingerprint density at radius 2 is 2.19 bits per heavy atom. The molecule has 27 heavy (non-hydrogen) atoms. The van der Waals surface area contributed by atoms with Gasteiger partial charge in [-0.3, -0.25) is 19.0 Å². The van der Waals surface area contributed by atoms with Gasteiger partial charge in [-0.1, -0.05) is 0 Å². The molecule has 0 fully saturated rings. The lowest BCUT2D eigenvalue weighted by atomic mass is 10.3. The first-order chi connectivity index (χ1) is 13.0. The lowest BCUT2D eigenvalue weighted by Crippen LogP contribution is -2.24. The van der Waals surface area contributed by atoms with Gasteiger partial charge in [-0.25, -0.2) is 0 Å². The third-order valence-corrected chi connectivity index (χ3v) is 3.71. The van der Waals surface area contributed by atoms with Crippen LogP contribution in [0.25, 0.3) is 6.08 Å². The monoisotopic (exact) mass is 368 g/mol. The summed E-state index contributed by atoms with van der Waals surface area (Å²) in [7, 11) is 1.80. The summed E-state index contributed by atoms with van der Waals surface area (Å²) in [5, 5.41) is 13.7. The number of carbonyl (C=O) groups excluding carboxylic acids is 2. The van der Waals surface area contributed by atoms with Crippen LogP contribution in [0.15, 0.2) is 47.5 Å². The quantitative estimate of drug-likeness (QED) is 0.619. The molecular formula is C18H20N6O3. The van der Waals surface area contributed by atoms with Gasteiger partial charge in [-0.2, -0.15) is 10.2 Å². The number of rotatable bonds is 7. The smallest absolute Gasteiger partial charge is 0.274 e.